The second-order valence-electron chi connectivity index (χ2n) is 5.22. The highest BCUT2D eigenvalue weighted by atomic mass is 35.5. The number of nitrogens with zero attached hydrogens (tertiary/aromatic N) is 1. The summed E-state index contributed by atoms with van der Waals surface area (Å²) in [5, 5.41) is 10.1. The van der Waals surface area contributed by atoms with Gasteiger partial charge in [-0.2, -0.15) is 0 Å². The van der Waals surface area contributed by atoms with Gasteiger partial charge in [0, 0.05) is 6.04 Å². The topological polar surface area (TPSA) is 66.8 Å². The van der Waals surface area contributed by atoms with Crippen LogP contribution in [0.15, 0.2) is 18.2 Å². The fourth-order valence-corrected chi connectivity index (χ4v) is 2.96. The molecule has 0 radical (unpaired) electrons. The molecule has 1 aliphatic carbocycles. The summed E-state index contributed by atoms with van der Waals surface area (Å²) in [6.07, 6.45) is 0.673. The van der Waals surface area contributed by atoms with Crippen LogP contribution in [0.1, 0.15) is 24.4 Å². The fourth-order valence-electron chi connectivity index (χ4n) is 2.65. The van der Waals surface area contributed by atoms with Gasteiger partial charge in [-0.25, -0.2) is 4.79 Å². The number of benzene rings is 1. The first-order valence-electron chi connectivity index (χ1n) is 6.59. The van der Waals surface area contributed by atoms with Gasteiger partial charge in [0.1, 0.15) is 6.61 Å². The number of morpholine rings is 1. The van der Waals surface area contributed by atoms with Crippen LogP contribution in [0.3, 0.4) is 0 Å². The molecule has 2 atom stereocenters. The number of hydrogen-bond acceptors (Lipinski definition) is 3. The van der Waals surface area contributed by atoms with Crippen molar-refractivity contribution < 1.29 is 19.4 Å². The Balaban J connectivity index is 2.03. The van der Waals surface area contributed by atoms with E-state index in [4.69, 9.17) is 27.9 Å². The lowest BCUT2D eigenvalue weighted by Crippen LogP contribution is -2.52. The summed E-state index contributed by atoms with van der Waals surface area (Å²) >= 11 is 11.9. The lowest BCUT2D eigenvalue weighted by Gasteiger charge is -2.39. The Morgan fingerprint density at radius 1 is 1.29 bits per heavy atom. The third kappa shape index (κ3) is 2.73. The van der Waals surface area contributed by atoms with Crippen molar-refractivity contribution in [1.82, 2.24) is 4.90 Å². The first kappa shape index (κ1) is 14.6. The maximum atomic E-state index is 12.1. The Hall–Kier alpha value is -1.30. The van der Waals surface area contributed by atoms with Crippen LogP contribution in [0, 0.1) is 0 Å². The molecule has 0 bridgehead atoms. The van der Waals surface area contributed by atoms with Crippen LogP contribution in [-0.4, -0.2) is 40.6 Å². The molecule has 2 fully saturated rings. The van der Waals surface area contributed by atoms with Crippen molar-refractivity contribution >= 4 is 35.1 Å². The number of rotatable bonds is 3. The third-order valence-electron chi connectivity index (χ3n) is 3.73. The summed E-state index contributed by atoms with van der Waals surface area (Å²) in [6, 6.07) is 4.30. The average Bonchev–Trinajstić information content (AvgIpc) is 3.25. The molecule has 2 aliphatic rings. The molecule has 0 aromatic heterocycles. The van der Waals surface area contributed by atoms with Crippen LogP contribution in [0.5, 0.6) is 0 Å². The molecule has 5 nitrogen and oxygen atoms in total. The van der Waals surface area contributed by atoms with E-state index in [1.165, 1.54) is 0 Å². The largest absolute Gasteiger partial charge is 0.479 e. The minimum Gasteiger partial charge on any atom is -0.479 e. The second-order valence-corrected chi connectivity index (χ2v) is 6.03. The predicted molar refractivity (Wildman–Crippen MR) is 76.4 cm³/mol. The molecule has 7 heteroatoms. The summed E-state index contributed by atoms with van der Waals surface area (Å²) in [6.45, 7) is -0.203. The minimum absolute atomic E-state index is 0.0858. The van der Waals surface area contributed by atoms with Gasteiger partial charge in [-0.05, 0) is 30.5 Å². The van der Waals surface area contributed by atoms with Crippen molar-refractivity contribution in [3.8, 4) is 0 Å². The van der Waals surface area contributed by atoms with Crippen molar-refractivity contribution in [2.75, 3.05) is 6.61 Å². The standard InChI is InChI=1S/C14H13Cl2NO4/c15-9-4-1-7(5-10(9)16)12-13(14(19)20)21-6-11(18)17(12)8-2-3-8/h1,4-5,8,12-13H,2-3,6H2,(H,19,20). The van der Waals surface area contributed by atoms with Crippen LogP contribution in [0.4, 0.5) is 0 Å². The molecule has 0 spiro atoms. The highest BCUT2D eigenvalue weighted by Crippen LogP contribution is 2.40. The van der Waals surface area contributed by atoms with E-state index in [1.807, 2.05) is 0 Å². The number of amides is 1. The van der Waals surface area contributed by atoms with E-state index in [0.29, 0.717) is 15.6 Å². The summed E-state index contributed by atoms with van der Waals surface area (Å²) < 4.78 is 5.23. The number of aliphatic carboxylic acids is 1. The first-order valence-corrected chi connectivity index (χ1v) is 7.35. The Kier molecular flexibility index (Phi) is 3.82. The van der Waals surface area contributed by atoms with E-state index in [0.717, 1.165) is 12.8 Å². The summed E-state index contributed by atoms with van der Waals surface area (Å²) in [7, 11) is 0. The van der Waals surface area contributed by atoms with Crippen LogP contribution in [0.25, 0.3) is 0 Å². The van der Waals surface area contributed by atoms with Crippen LogP contribution >= 0.6 is 23.2 Å². The van der Waals surface area contributed by atoms with Gasteiger partial charge in [0.15, 0.2) is 6.10 Å². The molecule has 1 saturated heterocycles. The van der Waals surface area contributed by atoms with Gasteiger partial charge in [0.25, 0.3) is 0 Å². The van der Waals surface area contributed by atoms with E-state index in [2.05, 4.69) is 0 Å². The van der Waals surface area contributed by atoms with Gasteiger partial charge in [0.05, 0.1) is 16.1 Å². The Morgan fingerprint density at radius 2 is 2.00 bits per heavy atom. The van der Waals surface area contributed by atoms with Crippen molar-refractivity contribution in [1.29, 1.82) is 0 Å². The molecule has 1 amide bonds. The van der Waals surface area contributed by atoms with Crippen LogP contribution < -0.4 is 0 Å². The molecular formula is C14H13Cl2NO4. The number of ether oxygens (including phenoxy) is 1. The zero-order valence-electron chi connectivity index (χ0n) is 11.0. The van der Waals surface area contributed by atoms with Crippen LogP contribution in [-0.2, 0) is 14.3 Å². The fraction of sp³-hybridized carbons (Fsp3) is 0.429. The normalized spacial score (nSPS) is 26.0. The molecule has 1 aromatic carbocycles. The van der Waals surface area contributed by atoms with Crippen molar-refractivity contribution in [2.45, 2.75) is 31.0 Å². The molecule has 1 aromatic rings. The highest BCUT2D eigenvalue weighted by molar-refractivity contribution is 6.42. The molecular weight excluding hydrogens is 317 g/mol. The number of hydrogen-bond donors (Lipinski definition) is 1. The quantitative estimate of drug-likeness (QED) is 0.925. The van der Waals surface area contributed by atoms with E-state index in [1.54, 1.807) is 23.1 Å². The Labute approximate surface area is 131 Å². The summed E-state index contributed by atoms with van der Waals surface area (Å²) in [4.78, 5) is 25.2. The molecule has 1 saturated carbocycles. The lowest BCUT2D eigenvalue weighted by atomic mass is 9.97. The van der Waals surface area contributed by atoms with Crippen LogP contribution in [0.2, 0.25) is 10.0 Å². The van der Waals surface area contributed by atoms with Gasteiger partial charge >= 0.3 is 5.97 Å². The second kappa shape index (κ2) is 5.48. The monoisotopic (exact) mass is 329 g/mol. The maximum Gasteiger partial charge on any atom is 0.335 e. The number of carboxylic acids is 1. The molecule has 21 heavy (non-hydrogen) atoms. The van der Waals surface area contributed by atoms with E-state index in [9.17, 15) is 14.7 Å². The third-order valence-corrected chi connectivity index (χ3v) is 4.47. The summed E-state index contributed by atoms with van der Waals surface area (Å²) in [5.41, 5.74) is 0.622. The van der Waals surface area contributed by atoms with Gasteiger partial charge < -0.3 is 14.7 Å². The smallest absolute Gasteiger partial charge is 0.335 e. The minimum atomic E-state index is -1.10. The SMILES string of the molecule is O=C(O)C1OCC(=O)N(C2CC2)C1c1ccc(Cl)c(Cl)c1. The molecule has 3 rings (SSSR count). The molecule has 2 unspecified atom stereocenters. The average molecular weight is 330 g/mol. The lowest BCUT2D eigenvalue weighted by molar-refractivity contribution is -0.174. The van der Waals surface area contributed by atoms with Gasteiger partial charge in [-0.3, -0.25) is 4.79 Å². The Bertz CT molecular complexity index is 603. The number of carboxylic acid groups (broad SMARTS) is 1. The van der Waals surface area contributed by atoms with Crippen molar-refractivity contribution in [3.05, 3.63) is 33.8 Å². The van der Waals surface area contributed by atoms with E-state index < -0.39 is 18.1 Å². The number of halogens is 2. The zero-order chi connectivity index (χ0) is 15.1. The molecule has 1 heterocycles. The molecule has 1 aliphatic heterocycles. The predicted octanol–water partition coefficient (Wildman–Crippen LogP) is 2.51. The van der Waals surface area contributed by atoms with Gasteiger partial charge in [0.2, 0.25) is 5.91 Å². The number of carbonyl (C=O) groups excluding carboxylic acids is 1. The Morgan fingerprint density at radius 3 is 2.57 bits per heavy atom. The maximum absolute atomic E-state index is 12.1. The molecule has 112 valence electrons. The van der Waals surface area contributed by atoms with Gasteiger partial charge in [-0.1, -0.05) is 29.3 Å². The van der Waals surface area contributed by atoms with Crippen molar-refractivity contribution in [3.63, 3.8) is 0 Å². The zero-order valence-corrected chi connectivity index (χ0v) is 12.5. The molecule has 1 N–H and O–H groups in total. The first-order chi connectivity index (χ1) is 9.99. The highest BCUT2D eigenvalue weighted by Gasteiger charge is 2.47. The van der Waals surface area contributed by atoms with Crippen molar-refractivity contribution in [2.24, 2.45) is 0 Å². The van der Waals surface area contributed by atoms with E-state index >= 15 is 0 Å². The van der Waals surface area contributed by atoms with E-state index in [-0.39, 0.29) is 18.6 Å². The number of carbonyl (C=O) groups is 2. The van der Waals surface area contributed by atoms with Gasteiger partial charge in [-0.15, -0.1) is 0 Å². The summed E-state index contributed by atoms with van der Waals surface area (Å²) in [5.74, 6) is -1.28.